The molecule has 0 radical (unpaired) electrons. The summed E-state index contributed by atoms with van der Waals surface area (Å²) >= 11 is 0. The highest BCUT2D eigenvalue weighted by Gasteiger charge is 2.61. The van der Waals surface area contributed by atoms with Gasteiger partial charge in [-0.05, 0) is 16.7 Å². The molecule has 0 saturated heterocycles. The van der Waals surface area contributed by atoms with Crippen LogP contribution in [0, 0.1) is 0 Å². The zero-order valence-electron chi connectivity index (χ0n) is 9.10. The van der Waals surface area contributed by atoms with Crippen molar-refractivity contribution in [2.75, 3.05) is 0 Å². The third kappa shape index (κ3) is 2.08. The van der Waals surface area contributed by atoms with Crippen molar-refractivity contribution in [3.63, 3.8) is 0 Å². The Labute approximate surface area is 99.5 Å². The monoisotopic (exact) mass is 267 g/mol. The van der Waals surface area contributed by atoms with E-state index in [2.05, 4.69) is 0 Å². The van der Waals surface area contributed by atoms with Gasteiger partial charge in [0.1, 0.15) is 6.04 Å². The van der Waals surface area contributed by atoms with Crippen LogP contribution in [-0.2, 0) is 18.0 Å². The average Bonchev–Trinajstić information content (AvgIpc) is 2.73. The molecule has 0 saturated carbocycles. The van der Waals surface area contributed by atoms with Crippen molar-refractivity contribution in [3.8, 4) is 0 Å². The van der Waals surface area contributed by atoms with Crippen LogP contribution < -0.4 is 5.73 Å². The van der Waals surface area contributed by atoms with Crippen LogP contribution >= 0.6 is 0 Å². The van der Waals surface area contributed by atoms with Gasteiger partial charge < -0.3 is 10.5 Å². The van der Waals surface area contributed by atoms with Crippen LogP contribution in [0.5, 0.6) is 0 Å². The number of nitrogens with two attached hydrogens (primary N) is 1. The van der Waals surface area contributed by atoms with Gasteiger partial charge in [0.15, 0.2) is 0 Å². The summed E-state index contributed by atoms with van der Waals surface area (Å²) < 4.78 is 67.8. The SMILES string of the molecule is NC(c1ccc2c(c1)COC2)C(F)(F)C(F)(F)F. The number of halogens is 5. The van der Waals surface area contributed by atoms with Crippen LogP contribution in [0.1, 0.15) is 22.7 Å². The number of alkyl halides is 5. The molecular weight excluding hydrogens is 257 g/mol. The molecule has 1 aromatic rings. The lowest BCUT2D eigenvalue weighted by molar-refractivity contribution is -0.291. The van der Waals surface area contributed by atoms with Crippen LogP contribution in [0.3, 0.4) is 0 Å². The van der Waals surface area contributed by atoms with Gasteiger partial charge in [0.25, 0.3) is 0 Å². The van der Waals surface area contributed by atoms with E-state index in [-0.39, 0.29) is 12.2 Å². The Morgan fingerprint density at radius 2 is 1.67 bits per heavy atom. The molecule has 18 heavy (non-hydrogen) atoms. The number of fused-ring (bicyclic) bond motifs is 1. The first-order valence-electron chi connectivity index (χ1n) is 5.13. The summed E-state index contributed by atoms with van der Waals surface area (Å²) in [5.74, 6) is -4.96. The number of ether oxygens (including phenoxy) is 1. The van der Waals surface area contributed by atoms with Crippen LogP contribution in [0.25, 0.3) is 0 Å². The van der Waals surface area contributed by atoms with E-state index in [1.165, 1.54) is 18.2 Å². The molecule has 100 valence electrons. The van der Waals surface area contributed by atoms with Gasteiger partial charge in [-0.15, -0.1) is 0 Å². The van der Waals surface area contributed by atoms with Crippen LogP contribution in [0.2, 0.25) is 0 Å². The van der Waals surface area contributed by atoms with Crippen molar-refractivity contribution in [1.82, 2.24) is 0 Å². The van der Waals surface area contributed by atoms with Crippen LogP contribution in [0.4, 0.5) is 22.0 Å². The molecule has 7 heteroatoms. The van der Waals surface area contributed by atoms with Gasteiger partial charge in [-0.25, -0.2) is 0 Å². The molecule has 0 fully saturated rings. The van der Waals surface area contributed by atoms with Crippen molar-refractivity contribution in [2.45, 2.75) is 31.4 Å². The smallest absolute Gasteiger partial charge is 0.372 e. The summed E-state index contributed by atoms with van der Waals surface area (Å²) in [5, 5.41) is 0. The van der Waals surface area contributed by atoms with Crippen LogP contribution in [0.15, 0.2) is 18.2 Å². The quantitative estimate of drug-likeness (QED) is 0.836. The fraction of sp³-hybridized carbons (Fsp3) is 0.455. The van der Waals surface area contributed by atoms with Gasteiger partial charge in [0, 0.05) is 0 Å². The molecule has 0 bridgehead atoms. The van der Waals surface area contributed by atoms with Crippen molar-refractivity contribution < 1.29 is 26.7 Å². The van der Waals surface area contributed by atoms with E-state index in [1.807, 2.05) is 0 Å². The predicted molar refractivity (Wildman–Crippen MR) is 52.9 cm³/mol. The molecule has 0 spiro atoms. The largest absolute Gasteiger partial charge is 0.455 e. The Balaban J connectivity index is 2.32. The summed E-state index contributed by atoms with van der Waals surface area (Å²) in [6.07, 6.45) is -5.66. The molecule has 0 aromatic heterocycles. The van der Waals surface area contributed by atoms with Crippen LogP contribution in [-0.4, -0.2) is 12.1 Å². The zero-order valence-corrected chi connectivity index (χ0v) is 9.10. The van der Waals surface area contributed by atoms with Crippen molar-refractivity contribution in [3.05, 3.63) is 34.9 Å². The Hall–Kier alpha value is -1.21. The van der Waals surface area contributed by atoms with E-state index in [4.69, 9.17) is 10.5 Å². The minimum atomic E-state index is -5.66. The molecule has 2 nitrogen and oxygen atoms in total. The van der Waals surface area contributed by atoms with E-state index in [1.54, 1.807) is 0 Å². The van der Waals surface area contributed by atoms with E-state index < -0.39 is 18.1 Å². The summed E-state index contributed by atoms with van der Waals surface area (Å²) in [7, 11) is 0. The Bertz CT molecular complexity index is 457. The van der Waals surface area contributed by atoms with Gasteiger partial charge in [-0.1, -0.05) is 18.2 Å². The predicted octanol–water partition coefficient (Wildman–Crippen LogP) is 2.91. The Morgan fingerprint density at radius 3 is 2.28 bits per heavy atom. The number of benzene rings is 1. The molecule has 1 atom stereocenters. The van der Waals surface area contributed by atoms with Gasteiger partial charge in [0.2, 0.25) is 0 Å². The minimum absolute atomic E-state index is 0.202. The highest BCUT2D eigenvalue weighted by Crippen LogP contribution is 2.43. The van der Waals surface area contributed by atoms with Gasteiger partial charge >= 0.3 is 12.1 Å². The molecule has 1 heterocycles. The average molecular weight is 267 g/mol. The van der Waals surface area contributed by atoms with E-state index in [0.717, 1.165) is 5.56 Å². The van der Waals surface area contributed by atoms with Crippen molar-refractivity contribution in [1.29, 1.82) is 0 Å². The maximum Gasteiger partial charge on any atom is 0.455 e. The maximum absolute atomic E-state index is 13.1. The Morgan fingerprint density at radius 1 is 1.06 bits per heavy atom. The van der Waals surface area contributed by atoms with E-state index >= 15 is 0 Å². The topological polar surface area (TPSA) is 35.2 Å². The second-order valence-corrected chi connectivity index (χ2v) is 4.12. The second-order valence-electron chi connectivity index (χ2n) is 4.12. The summed E-state index contributed by atoms with van der Waals surface area (Å²) in [5.41, 5.74) is 6.17. The fourth-order valence-corrected chi connectivity index (χ4v) is 1.77. The standard InChI is InChI=1S/C11H10F5NO/c12-10(13,11(14,15)16)9(17)6-1-2-7-4-18-5-8(7)3-6/h1-3,9H,4-5,17H2. The molecule has 1 aliphatic rings. The van der Waals surface area contributed by atoms with E-state index in [9.17, 15) is 22.0 Å². The van der Waals surface area contributed by atoms with Crippen molar-refractivity contribution in [2.24, 2.45) is 5.73 Å². The number of rotatable bonds is 2. The third-order valence-corrected chi connectivity index (χ3v) is 2.87. The third-order valence-electron chi connectivity index (χ3n) is 2.87. The normalized spacial score (nSPS) is 17.7. The summed E-state index contributed by atoms with van der Waals surface area (Å²) in [6.45, 7) is 0.536. The van der Waals surface area contributed by atoms with Crippen molar-refractivity contribution >= 4 is 0 Å². The first-order chi connectivity index (χ1) is 8.23. The second kappa shape index (κ2) is 4.17. The minimum Gasteiger partial charge on any atom is -0.372 e. The molecule has 1 aromatic carbocycles. The first-order valence-corrected chi connectivity index (χ1v) is 5.13. The molecule has 1 unspecified atom stereocenters. The summed E-state index contributed by atoms with van der Waals surface area (Å²) in [4.78, 5) is 0. The van der Waals surface area contributed by atoms with Gasteiger partial charge in [0.05, 0.1) is 13.2 Å². The highest BCUT2D eigenvalue weighted by molar-refractivity contribution is 5.35. The highest BCUT2D eigenvalue weighted by atomic mass is 19.4. The van der Waals surface area contributed by atoms with Gasteiger partial charge in [-0.2, -0.15) is 22.0 Å². The molecule has 1 aliphatic heterocycles. The lowest BCUT2D eigenvalue weighted by Gasteiger charge is -2.26. The molecule has 2 rings (SSSR count). The molecular formula is C11H10F5NO. The van der Waals surface area contributed by atoms with Gasteiger partial charge in [-0.3, -0.25) is 0 Å². The molecule has 0 aliphatic carbocycles. The zero-order chi connectivity index (χ0) is 13.6. The molecule has 0 amide bonds. The van der Waals surface area contributed by atoms with E-state index in [0.29, 0.717) is 12.2 Å². The molecule has 2 N–H and O–H groups in total. The number of hydrogen-bond acceptors (Lipinski definition) is 2. The fourth-order valence-electron chi connectivity index (χ4n) is 1.77. The Kier molecular flexibility index (Phi) is 3.06. The summed E-state index contributed by atoms with van der Waals surface area (Å²) in [6, 6.07) is 1.47. The maximum atomic E-state index is 13.1. The lowest BCUT2D eigenvalue weighted by atomic mass is 9.97. The number of hydrogen-bond donors (Lipinski definition) is 1. The first kappa shape index (κ1) is 13.2. The lowest BCUT2D eigenvalue weighted by Crippen LogP contribution is -2.45.